The summed E-state index contributed by atoms with van der Waals surface area (Å²) in [7, 11) is 1.32. The third kappa shape index (κ3) is 8.03. The number of fused-ring (bicyclic) bond motifs is 8. The molecule has 5 aliphatic rings. The van der Waals surface area contributed by atoms with Gasteiger partial charge in [0.1, 0.15) is 24.4 Å². The lowest BCUT2D eigenvalue weighted by Gasteiger charge is -2.40. The van der Waals surface area contributed by atoms with E-state index in [9.17, 15) is 39.6 Å². The zero-order chi connectivity index (χ0) is 44.9. The number of allylic oxidation sites excluding steroid dienone is 2. The van der Waals surface area contributed by atoms with E-state index >= 15 is 0 Å². The van der Waals surface area contributed by atoms with E-state index in [-0.39, 0.29) is 60.1 Å². The van der Waals surface area contributed by atoms with Crippen LogP contribution in [0.5, 0.6) is 0 Å². The molecular weight excluding hydrogens is 819 g/mol. The van der Waals surface area contributed by atoms with Crippen LogP contribution in [0.4, 0.5) is 0 Å². The number of aromatic nitrogens is 4. The smallest absolute Gasteiger partial charge is 0.305 e. The third-order valence-corrected chi connectivity index (χ3v) is 13.3. The molecule has 7 rings (SSSR count). The number of carbonyl (C=O) groups is 4. The van der Waals surface area contributed by atoms with Crippen molar-refractivity contribution in [2.24, 2.45) is 0 Å². The van der Waals surface area contributed by atoms with Crippen LogP contribution in [0.15, 0.2) is 18.2 Å². The Hall–Kier alpha value is -5.11. The average molecular weight is 874 g/mol. The number of rotatable bonds is 11. The van der Waals surface area contributed by atoms with Crippen molar-refractivity contribution in [1.82, 2.24) is 35.5 Å². The van der Waals surface area contributed by atoms with Gasteiger partial charge < -0.3 is 50.5 Å². The number of ether oxygens (including phenoxy) is 2. The molecule has 332 valence electrons. The van der Waals surface area contributed by atoms with Gasteiger partial charge in [0, 0.05) is 71.4 Å². The van der Waals surface area contributed by atoms with Crippen molar-refractivity contribution >= 4 is 63.1 Å². The Kier molecular flexibility index (Phi) is 13.0. The highest BCUT2D eigenvalue weighted by Crippen LogP contribution is 2.45. The molecule has 0 spiro atoms. The molecule has 0 aromatic carbocycles. The van der Waals surface area contributed by atoms with Crippen LogP contribution in [-0.4, -0.2) is 131 Å². The molecule has 0 saturated carbocycles. The maximum Gasteiger partial charge on any atom is 0.305 e. The van der Waals surface area contributed by atoms with Crippen molar-refractivity contribution < 1.29 is 49.1 Å². The molecule has 1 unspecified atom stereocenters. The second-order valence-corrected chi connectivity index (χ2v) is 17.1. The van der Waals surface area contributed by atoms with Gasteiger partial charge in [0.15, 0.2) is 17.2 Å². The van der Waals surface area contributed by atoms with Crippen LogP contribution < -0.4 is 10.6 Å². The van der Waals surface area contributed by atoms with E-state index in [1.54, 1.807) is 0 Å². The van der Waals surface area contributed by atoms with Gasteiger partial charge in [-0.05, 0) is 81.6 Å². The first kappa shape index (κ1) is 44.9. The van der Waals surface area contributed by atoms with Gasteiger partial charge in [-0.2, -0.15) is 0 Å². The normalized spacial score (nSPS) is 26.4. The number of aromatic amines is 2. The zero-order valence-corrected chi connectivity index (χ0v) is 36.7. The van der Waals surface area contributed by atoms with Crippen LogP contribution in [0.3, 0.4) is 0 Å². The van der Waals surface area contributed by atoms with Crippen molar-refractivity contribution in [3.63, 3.8) is 0 Å². The molecule has 8 N–H and O–H groups in total. The fourth-order valence-electron chi connectivity index (χ4n) is 9.42. The average Bonchev–Trinajstić information content (AvgIpc) is 3.92. The number of carbonyl (C=O) groups excluding carboxylic acids is 4. The number of aliphatic hydroxyl groups is 4. The summed E-state index contributed by atoms with van der Waals surface area (Å²) in [6.45, 7) is 11.0. The number of imide groups is 1. The van der Waals surface area contributed by atoms with E-state index in [1.165, 1.54) is 18.9 Å². The molecule has 62 heavy (non-hydrogen) atoms. The van der Waals surface area contributed by atoms with Crippen LogP contribution in [0.1, 0.15) is 144 Å². The number of aryl methyl sites for hydroxylation is 1. The molecule has 0 aliphatic carbocycles. The second kappa shape index (κ2) is 17.9. The largest absolute Gasteiger partial charge is 0.469 e. The molecule has 0 radical (unpaired) electrons. The Morgan fingerprint density at radius 3 is 2.37 bits per heavy atom. The van der Waals surface area contributed by atoms with Gasteiger partial charge >= 0.3 is 5.97 Å². The number of thiocarbonyl (C=S) groups is 1. The third-order valence-electron chi connectivity index (χ3n) is 13.0. The van der Waals surface area contributed by atoms with E-state index in [0.29, 0.717) is 62.5 Å². The number of nitrogens with one attached hydrogen (secondary N) is 4. The summed E-state index contributed by atoms with van der Waals surface area (Å²) < 4.78 is 10.2. The number of esters is 1. The van der Waals surface area contributed by atoms with Crippen LogP contribution in [0, 0.1) is 6.92 Å². The lowest BCUT2D eigenvalue weighted by Crippen LogP contribution is -2.65. The monoisotopic (exact) mass is 873 g/mol. The minimum absolute atomic E-state index is 0.0117. The molecule has 8 bridgehead atoms. The molecule has 2 aromatic rings. The highest BCUT2D eigenvalue weighted by molar-refractivity contribution is 7.80. The molecule has 2 aromatic heterocycles. The number of aliphatic hydroxyl groups excluding tert-OH is 4. The van der Waals surface area contributed by atoms with Gasteiger partial charge in [0.2, 0.25) is 0 Å². The Morgan fingerprint density at radius 1 is 0.968 bits per heavy atom. The maximum absolute atomic E-state index is 14.9. The minimum atomic E-state index is -1.58. The number of amides is 2. The molecule has 17 nitrogen and oxygen atoms in total. The first-order chi connectivity index (χ1) is 29.5. The minimum Gasteiger partial charge on any atom is -0.469 e. The fraction of sp³-hybridized carbons (Fsp3) is 0.523. The van der Waals surface area contributed by atoms with E-state index < -0.39 is 61.0 Å². The van der Waals surface area contributed by atoms with Crippen molar-refractivity contribution in [1.29, 1.82) is 0 Å². The highest BCUT2D eigenvalue weighted by atomic mass is 32.1. The Balaban J connectivity index is 1.32. The molecule has 1 fully saturated rings. The number of methoxy groups -OCH3 is 1. The predicted octanol–water partition coefficient (Wildman–Crippen LogP) is 3.25. The van der Waals surface area contributed by atoms with Gasteiger partial charge in [0.25, 0.3) is 11.8 Å². The van der Waals surface area contributed by atoms with Crippen LogP contribution in [-0.2, 0) is 19.1 Å². The molecule has 5 aliphatic heterocycles. The van der Waals surface area contributed by atoms with Crippen molar-refractivity contribution in [3.05, 3.63) is 69.1 Å². The quantitative estimate of drug-likeness (QED) is 0.0699. The fourth-order valence-corrected chi connectivity index (χ4v) is 9.65. The summed E-state index contributed by atoms with van der Waals surface area (Å²) in [5, 5.41) is 46.3. The van der Waals surface area contributed by atoms with Crippen molar-refractivity contribution in [2.75, 3.05) is 26.8 Å². The van der Waals surface area contributed by atoms with E-state index in [1.807, 2.05) is 39.0 Å². The summed E-state index contributed by atoms with van der Waals surface area (Å²) in [4.78, 5) is 73.6. The van der Waals surface area contributed by atoms with Crippen molar-refractivity contribution in [3.8, 4) is 0 Å². The van der Waals surface area contributed by atoms with Crippen LogP contribution in [0.2, 0.25) is 0 Å². The maximum atomic E-state index is 14.9. The molecular formula is C44H55N7O10S. The topological polar surface area (TPSA) is 252 Å². The summed E-state index contributed by atoms with van der Waals surface area (Å²) in [6.07, 6.45) is -4.35. The van der Waals surface area contributed by atoms with Gasteiger partial charge in [-0.3, -0.25) is 29.1 Å². The number of ketones is 1. The van der Waals surface area contributed by atoms with Crippen molar-refractivity contribution in [2.45, 2.75) is 122 Å². The SMILES string of the molecule is CC[C@H]1c2cc3[nH]c4c(c5nc(cc6nc(cc([nH]2)[C@@H]1C)C(C(C)=O)=C6C)[C@@H](C)[C@@H]5CCC(=O)OC)C(=O)N(CCCNC(=S)N[C@H]1C(O)O[C@H](CO)[C@@H](O)[C@@H]1O)C(=O)c4c3C. The lowest BCUT2D eigenvalue weighted by molar-refractivity contribution is -0.252. The summed E-state index contributed by atoms with van der Waals surface area (Å²) in [6, 6.07) is 4.57. The summed E-state index contributed by atoms with van der Waals surface area (Å²) >= 11 is 5.39. The molecule has 9 atom stereocenters. The Labute approximate surface area is 364 Å². The van der Waals surface area contributed by atoms with Crippen LogP contribution >= 0.6 is 12.2 Å². The highest BCUT2D eigenvalue weighted by Gasteiger charge is 2.44. The summed E-state index contributed by atoms with van der Waals surface area (Å²) in [5.74, 6) is -2.21. The number of H-pyrrole nitrogens is 2. The standard InChI is InChI=1S/C44H55N7O10S/c1-8-23-18(2)25-16-30-33(22(6)53)20(4)27(47-30)14-26-19(3)24(10-11-32(54)60-7)36(48-26)35-37-34(21(5)28(49-37)15-29(23)46-25)41(57)51(42(35)58)13-9-12-45-44(62)50-38-40(56)39(55)31(17-52)61-43(38)59/h14-16,18-19,23-24,31,38-40,43,46,49,52,55-56,59H,8-13,17H2,1-7H3,(H2,45,50,62)/t18-,19+,23-,24+,31-,38-,39-,40-,43?/m1/s1. The second-order valence-electron chi connectivity index (χ2n) is 16.7. The van der Waals surface area contributed by atoms with Gasteiger partial charge in [-0.25, -0.2) is 4.98 Å². The molecule has 1 saturated heterocycles. The van der Waals surface area contributed by atoms with Crippen LogP contribution in [0.25, 0.3) is 22.2 Å². The summed E-state index contributed by atoms with van der Waals surface area (Å²) in [5.41, 5.74) is 7.37. The van der Waals surface area contributed by atoms with Gasteiger partial charge in [-0.15, -0.1) is 0 Å². The molecule has 7 heterocycles. The number of Topliss-reactive ketones (excluding diaryl/α,β-unsaturated/α-hetero) is 1. The first-order valence-corrected chi connectivity index (χ1v) is 21.5. The number of nitrogens with zero attached hydrogens (tertiary/aromatic N) is 3. The number of hydrogen-bond acceptors (Lipinski definition) is 13. The van der Waals surface area contributed by atoms with E-state index in [2.05, 4.69) is 34.4 Å². The zero-order valence-electron chi connectivity index (χ0n) is 35.9. The van der Waals surface area contributed by atoms with Gasteiger partial charge in [0.05, 0.1) is 47.4 Å². The van der Waals surface area contributed by atoms with E-state index in [0.717, 1.165) is 17.8 Å². The predicted molar refractivity (Wildman–Crippen MR) is 232 cm³/mol. The Bertz CT molecular complexity index is 2430. The molecule has 2 amide bonds. The molecule has 18 heteroatoms. The lowest BCUT2D eigenvalue weighted by atomic mass is 9.84. The van der Waals surface area contributed by atoms with Gasteiger partial charge in [-0.1, -0.05) is 20.8 Å². The number of hydrogen-bond donors (Lipinski definition) is 8. The van der Waals surface area contributed by atoms with E-state index in [4.69, 9.17) is 31.7 Å². The Morgan fingerprint density at radius 2 is 1.69 bits per heavy atom. The first-order valence-electron chi connectivity index (χ1n) is 21.1.